The summed E-state index contributed by atoms with van der Waals surface area (Å²) < 4.78 is 5.58. The van der Waals surface area contributed by atoms with Gasteiger partial charge in [0.25, 0.3) is 5.91 Å². The Balaban J connectivity index is 2.22. The fourth-order valence-corrected chi connectivity index (χ4v) is 1.61. The Kier molecular flexibility index (Phi) is 3.68. The molecule has 5 nitrogen and oxygen atoms in total. The molecule has 0 fully saturated rings. The Labute approximate surface area is 110 Å². The van der Waals surface area contributed by atoms with Gasteiger partial charge in [0.05, 0.1) is 12.2 Å². The summed E-state index contributed by atoms with van der Waals surface area (Å²) in [6, 6.07) is 11.7. The van der Waals surface area contributed by atoms with Crippen LogP contribution < -0.4 is 16.2 Å². The number of hydrogen-bond acceptors (Lipinski definition) is 4. The molecule has 5 N–H and O–H groups in total. The predicted octanol–water partition coefficient (Wildman–Crippen LogP) is 1.65. The van der Waals surface area contributed by atoms with E-state index in [0.717, 1.165) is 5.56 Å². The fraction of sp³-hybridized carbons (Fsp3) is 0.0714. The molecule has 0 bridgehead atoms. The summed E-state index contributed by atoms with van der Waals surface area (Å²) in [5, 5.41) is 8.94. The van der Waals surface area contributed by atoms with E-state index in [9.17, 15) is 4.79 Å². The number of primary amides is 1. The molecular weight excluding hydrogens is 244 g/mol. The molecule has 0 aliphatic heterocycles. The molecule has 19 heavy (non-hydrogen) atoms. The van der Waals surface area contributed by atoms with Crippen molar-refractivity contribution in [2.75, 3.05) is 5.73 Å². The van der Waals surface area contributed by atoms with Crippen LogP contribution in [0.5, 0.6) is 11.5 Å². The lowest BCUT2D eigenvalue weighted by Crippen LogP contribution is -2.13. The Morgan fingerprint density at radius 3 is 2.32 bits per heavy atom. The molecule has 0 saturated heterocycles. The highest BCUT2D eigenvalue weighted by atomic mass is 16.5. The highest BCUT2D eigenvalue weighted by Gasteiger charge is 2.08. The number of aliphatic hydroxyl groups is 1. The number of hydrogen-bond donors (Lipinski definition) is 3. The molecule has 0 radical (unpaired) electrons. The van der Waals surface area contributed by atoms with E-state index in [1.807, 2.05) is 0 Å². The molecule has 2 rings (SSSR count). The van der Waals surface area contributed by atoms with Crippen LogP contribution in [0.1, 0.15) is 15.9 Å². The summed E-state index contributed by atoms with van der Waals surface area (Å²) in [5.74, 6) is 0.468. The molecule has 0 atom stereocenters. The molecule has 0 saturated carbocycles. The molecule has 98 valence electrons. The summed E-state index contributed by atoms with van der Waals surface area (Å²) in [5.41, 5.74) is 12.2. The van der Waals surface area contributed by atoms with Crippen molar-refractivity contribution in [1.29, 1.82) is 0 Å². The van der Waals surface area contributed by atoms with Gasteiger partial charge in [-0.1, -0.05) is 12.1 Å². The Bertz CT molecular complexity index is 594. The first-order valence-electron chi connectivity index (χ1n) is 5.67. The fourth-order valence-electron chi connectivity index (χ4n) is 1.61. The molecule has 0 heterocycles. The smallest absolute Gasteiger partial charge is 0.250 e. The summed E-state index contributed by atoms with van der Waals surface area (Å²) in [7, 11) is 0. The van der Waals surface area contributed by atoms with Gasteiger partial charge in [-0.15, -0.1) is 0 Å². The number of carbonyl (C=O) groups excluding carboxylic acids is 1. The third-order valence-electron chi connectivity index (χ3n) is 2.63. The number of nitrogens with two attached hydrogens (primary N) is 2. The number of ether oxygens (including phenoxy) is 1. The van der Waals surface area contributed by atoms with E-state index in [2.05, 4.69) is 0 Å². The number of nitrogen functional groups attached to an aromatic ring is 1. The van der Waals surface area contributed by atoms with Crippen LogP contribution in [0.2, 0.25) is 0 Å². The molecule has 2 aromatic carbocycles. The molecule has 2 aromatic rings. The van der Waals surface area contributed by atoms with E-state index >= 15 is 0 Å². The van der Waals surface area contributed by atoms with Crippen LogP contribution in [0.15, 0.2) is 42.5 Å². The van der Waals surface area contributed by atoms with E-state index in [-0.39, 0.29) is 12.2 Å². The second kappa shape index (κ2) is 5.41. The SMILES string of the molecule is NC(=O)c1cc(Oc2ccc(CO)cc2)ccc1N. The van der Waals surface area contributed by atoms with E-state index < -0.39 is 5.91 Å². The van der Waals surface area contributed by atoms with Crippen LogP contribution in [-0.2, 0) is 6.61 Å². The van der Waals surface area contributed by atoms with E-state index in [1.165, 1.54) is 6.07 Å². The number of benzene rings is 2. The monoisotopic (exact) mass is 258 g/mol. The molecule has 5 heteroatoms. The minimum atomic E-state index is -0.599. The highest BCUT2D eigenvalue weighted by molar-refractivity contribution is 5.98. The minimum Gasteiger partial charge on any atom is -0.457 e. The van der Waals surface area contributed by atoms with Gasteiger partial charge in [0.2, 0.25) is 0 Å². The quantitative estimate of drug-likeness (QED) is 0.726. The van der Waals surface area contributed by atoms with Crippen LogP contribution in [0.25, 0.3) is 0 Å². The summed E-state index contributed by atoms with van der Waals surface area (Å²) in [6.45, 7) is -0.0199. The van der Waals surface area contributed by atoms with Gasteiger partial charge in [-0.2, -0.15) is 0 Å². The zero-order valence-corrected chi connectivity index (χ0v) is 10.2. The Hall–Kier alpha value is -2.53. The van der Waals surface area contributed by atoms with Gasteiger partial charge in [-0.3, -0.25) is 4.79 Å². The van der Waals surface area contributed by atoms with E-state index in [1.54, 1.807) is 36.4 Å². The maximum atomic E-state index is 11.2. The van der Waals surface area contributed by atoms with Crippen molar-refractivity contribution in [1.82, 2.24) is 0 Å². The lowest BCUT2D eigenvalue weighted by Gasteiger charge is -2.08. The van der Waals surface area contributed by atoms with Crippen molar-refractivity contribution in [3.63, 3.8) is 0 Å². The number of rotatable bonds is 4. The first-order chi connectivity index (χ1) is 9.10. The number of anilines is 1. The van der Waals surface area contributed by atoms with E-state index in [0.29, 0.717) is 17.2 Å². The number of amides is 1. The summed E-state index contributed by atoms with van der Waals surface area (Å²) >= 11 is 0. The van der Waals surface area contributed by atoms with E-state index in [4.69, 9.17) is 21.3 Å². The third-order valence-corrected chi connectivity index (χ3v) is 2.63. The predicted molar refractivity (Wildman–Crippen MR) is 71.8 cm³/mol. The lowest BCUT2D eigenvalue weighted by atomic mass is 10.1. The van der Waals surface area contributed by atoms with Crippen molar-refractivity contribution in [3.05, 3.63) is 53.6 Å². The second-order valence-electron chi connectivity index (χ2n) is 4.02. The van der Waals surface area contributed by atoms with Crippen molar-refractivity contribution >= 4 is 11.6 Å². The van der Waals surface area contributed by atoms with Gasteiger partial charge in [0.1, 0.15) is 11.5 Å². The van der Waals surface area contributed by atoms with Gasteiger partial charge >= 0.3 is 0 Å². The van der Waals surface area contributed by atoms with Gasteiger partial charge < -0.3 is 21.3 Å². The number of aliphatic hydroxyl groups excluding tert-OH is 1. The zero-order valence-electron chi connectivity index (χ0n) is 10.2. The van der Waals surface area contributed by atoms with Crippen molar-refractivity contribution in [3.8, 4) is 11.5 Å². The maximum absolute atomic E-state index is 11.2. The Morgan fingerprint density at radius 1 is 1.11 bits per heavy atom. The van der Waals surface area contributed by atoms with Crippen LogP contribution in [0.3, 0.4) is 0 Å². The van der Waals surface area contributed by atoms with Crippen LogP contribution in [0, 0.1) is 0 Å². The van der Waals surface area contributed by atoms with Gasteiger partial charge in [-0.25, -0.2) is 0 Å². The standard InChI is InChI=1S/C14H14N2O3/c15-13-6-5-11(7-12(13)14(16)18)19-10-3-1-9(8-17)2-4-10/h1-7,17H,8,15H2,(H2,16,18). The molecule has 0 spiro atoms. The lowest BCUT2D eigenvalue weighted by molar-refractivity contribution is 0.100. The number of carbonyl (C=O) groups is 1. The third kappa shape index (κ3) is 3.02. The molecule has 1 amide bonds. The van der Waals surface area contributed by atoms with Crippen molar-refractivity contribution in [2.24, 2.45) is 5.73 Å². The van der Waals surface area contributed by atoms with Crippen LogP contribution >= 0.6 is 0 Å². The first-order valence-corrected chi connectivity index (χ1v) is 5.67. The van der Waals surface area contributed by atoms with Gasteiger partial charge in [-0.05, 0) is 35.9 Å². The van der Waals surface area contributed by atoms with Crippen LogP contribution in [-0.4, -0.2) is 11.0 Å². The van der Waals surface area contributed by atoms with Crippen molar-refractivity contribution in [2.45, 2.75) is 6.61 Å². The first kappa shape index (κ1) is 12.9. The average molecular weight is 258 g/mol. The van der Waals surface area contributed by atoms with Gasteiger partial charge in [0.15, 0.2) is 0 Å². The molecule has 0 aliphatic rings. The largest absolute Gasteiger partial charge is 0.457 e. The van der Waals surface area contributed by atoms with Crippen LogP contribution in [0.4, 0.5) is 5.69 Å². The molecular formula is C14H14N2O3. The highest BCUT2D eigenvalue weighted by Crippen LogP contribution is 2.25. The summed E-state index contributed by atoms with van der Waals surface area (Å²) in [4.78, 5) is 11.2. The molecule has 0 aliphatic carbocycles. The van der Waals surface area contributed by atoms with Gasteiger partial charge in [0, 0.05) is 5.69 Å². The minimum absolute atomic E-state index is 0.0199. The Morgan fingerprint density at radius 2 is 1.74 bits per heavy atom. The normalized spacial score (nSPS) is 10.2. The second-order valence-corrected chi connectivity index (χ2v) is 4.02. The molecule has 0 unspecified atom stereocenters. The molecule has 0 aromatic heterocycles. The maximum Gasteiger partial charge on any atom is 0.250 e. The average Bonchev–Trinajstić information content (AvgIpc) is 2.41. The topological polar surface area (TPSA) is 98.6 Å². The zero-order chi connectivity index (χ0) is 13.8. The summed E-state index contributed by atoms with van der Waals surface area (Å²) in [6.07, 6.45) is 0. The van der Waals surface area contributed by atoms with Crippen molar-refractivity contribution < 1.29 is 14.6 Å².